The van der Waals surface area contributed by atoms with Gasteiger partial charge in [-0.3, -0.25) is 4.90 Å². The molecule has 0 unspecified atom stereocenters. The standard InChI is InChI=1S/C11H17ClN2O/c1-2-14(5-6-15)8-9-3-4-10(12)7-11(9)13/h3-4,7,15H,2,5-6,8,13H2,1H3. The summed E-state index contributed by atoms with van der Waals surface area (Å²) in [5.74, 6) is 0. The fraction of sp³-hybridized carbons (Fsp3) is 0.455. The highest BCUT2D eigenvalue weighted by Crippen LogP contribution is 2.19. The maximum absolute atomic E-state index is 8.87. The van der Waals surface area contributed by atoms with E-state index in [0.717, 1.165) is 18.7 Å². The zero-order valence-electron chi connectivity index (χ0n) is 8.91. The van der Waals surface area contributed by atoms with Gasteiger partial charge >= 0.3 is 0 Å². The summed E-state index contributed by atoms with van der Waals surface area (Å²) in [5, 5.41) is 9.52. The van der Waals surface area contributed by atoms with Gasteiger partial charge in [-0.1, -0.05) is 24.6 Å². The van der Waals surface area contributed by atoms with Crippen molar-refractivity contribution in [1.29, 1.82) is 0 Å². The van der Waals surface area contributed by atoms with Gasteiger partial charge in [0.15, 0.2) is 0 Å². The summed E-state index contributed by atoms with van der Waals surface area (Å²) < 4.78 is 0. The summed E-state index contributed by atoms with van der Waals surface area (Å²) in [5.41, 5.74) is 7.60. The molecule has 0 atom stereocenters. The van der Waals surface area contributed by atoms with Crippen LogP contribution >= 0.6 is 11.6 Å². The molecule has 1 aromatic rings. The Morgan fingerprint density at radius 1 is 1.47 bits per heavy atom. The molecule has 0 saturated carbocycles. The van der Waals surface area contributed by atoms with Gasteiger partial charge in [0.1, 0.15) is 0 Å². The zero-order valence-corrected chi connectivity index (χ0v) is 9.67. The number of benzene rings is 1. The van der Waals surface area contributed by atoms with Crippen molar-refractivity contribution in [2.75, 3.05) is 25.4 Å². The van der Waals surface area contributed by atoms with Crippen molar-refractivity contribution in [1.82, 2.24) is 4.90 Å². The van der Waals surface area contributed by atoms with Crippen LogP contribution in [0.3, 0.4) is 0 Å². The molecule has 0 bridgehead atoms. The average Bonchev–Trinajstić information content (AvgIpc) is 2.21. The van der Waals surface area contributed by atoms with Crippen LogP contribution in [0, 0.1) is 0 Å². The fourth-order valence-electron chi connectivity index (χ4n) is 1.44. The fourth-order valence-corrected chi connectivity index (χ4v) is 1.62. The second kappa shape index (κ2) is 5.95. The van der Waals surface area contributed by atoms with E-state index >= 15 is 0 Å². The van der Waals surface area contributed by atoms with E-state index in [1.54, 1.807) is 6.07 Å². The number of aliphatic hydroxyl groups excluding tert-OH is 1. The Balaban J connectivity index is 2.70. The van der Waals surface area contributed by atoms with Crippen LogP contribution < -0.4 is 5.73 Å². The monoisotopic (exact) mass is 228 g/mol. The van der Waals surface area contributed by atoms with Crippen molar-refractivity contribution < 1.29 is 5.11 Å². The van der Waals surface area contributed by atoms with Crippen LogP contribution in [0.4, 0.5) is 5.69 Å². The highest BCUT2D eigenvalue weighted by Gasteiger charge is 2.05. The molecule has 0 aliphatic rings. The Labute approximate surface area is 95.5 Å². The number of hydrogen-bond donors (Lipinski definition) is 2. The SMILES string of the molecule is CCN(CCO)Cc1ccc(Cl)cc1N. The van der Waals surface area contributed by atoms with E-state index in [1.807, 2.05) is 12.1 Å². The summed E-state index contributed by atoms with van der Waals surface area (Å²) >= 11 is 5.81. The molecule has 0 amide bonds. The maximum Gasteiger partial charge on any atom is 0.0558 e. The van der Waals surface area contributed by atoms with Crippen LogP contribution in [0.15, 0.2) is 18.2 Å². The predicted molar refractivity (Wildman–Crippen MR) is 63.9 cm³/mol. The second-order valence-corrected chi connectivity index (χ2v) is 3.87. The van der Waals surface area contributed by atoms with E-state index in [4.69, 9.17) is 22.4 Å². The molecule has 0 aliphatic heterocycles. The third kappa shape index (κ3) is 3.70. The minimum Gasteiger partial charge on any atom is -0.398 e. The van der Waals surface area contributed by atoms with Gasteiger partial charge in [0.25, 0.3) is 0 Å². The van der Waals surface area contributed by atoms with Crippen molar-refractivity contribution >= 4 is 17.3 Å². The summed E-state index contributed by atoms with van der Waals surface area (Å²) in [7, 11) is 0. The average molecular weight is 229 g/mol. The van der Waals surface area contributed by atoms with Crippen LogP contribution in [-0.4, -0.2) is 29.7 Å². The number of nitrogens with two attached hydrogens (primary N) is 1. The molecule has 0 spiro atoms. The summed E-state index contributed by atoms with van der Waals surface area (Å²) in [6.45, 7) is 4.53. The number of nitrogens with zero attached hydrogens (tertiary/aromatic N) is 1. The lowest BCUT2D eigenvalue weighted by Gasteiger charge is -2.20. The lowest BCUT2D eigenvalue weighted by molar-refractivity contribution is 0.197. The number of halogens is 1. The van der Waals surface area contributed by atoms with Crippen molar-refractivity contribution in [2.45, 2.75) is 13.5 Å². The van der Waals surface area contributed by atoms with Crippen molar-refractivity contribution in [3.8, 4) is 0 Å². The van der Waals surface area contributed by atoms with Gasteiger partial charge in [-0.05, 0) is 24.2 Å². The molecule has 0 aliphatic carbocycles. The third-order valence-electron chi connectivity index (χ3n) is 2.37. The molecule has 3 nitrogen and oxygen atoms in total. The molecule has 15 heavy (non-hydrogen) atoms. The molecule has 1 rings (SSSR count). The maximum atomic E-state index is 8.87. The zero-order chi connectivity index (χ0) is 11.3. The first-order valence-electron chi connectivity index (χ1n) is 5.04. The molecule has 0 heterocycles. The van der Waals surface area contributed by atoms with Crippen molar-refractivity contribution in [2.24, 2.45) is 0 Å². The third-order valence-corrected chi connectivity index (χ3v) is 2.60. The lowest BCUT2D eigenvalue weighted by Crippen LogP contribution is -2.26. The van der Waals surface area contributed by atoms with E-state index in [-0.39, 0.29) is 6.61 Å². The first kappa shape index (κ1) is 12.3. The number of anilines is 1. The summed E-state index contributed by atoms with van der Waals surface area (Å²) in [6, 6.07) is 5.52. The molecular weight excluding hydrogens is 212 g/mol. The van der Waals surface area contributed by atoms with E-state index in [9.17, 15) is 0 Å². The van der Waals surface area contributed by atoms with Gasteiger partial charge < -0.3 is 10.8 Å². The molecule has 0 aromatic heterocycles. The van der Waals surface area contributed by atoms with Crippen LogP contribution in [0.25, 0.3) is 0 Å². The van der Waals surface area contributed by atoms with Crippen LogP contribution in [0.2, 0.25) is 5.02 Å². The topological polar surface area (TPSA) is 49.5 Å². The molecule has 1 aromatic carbocycles. The van der Waals surface area contributed by atoms with Gasteiger partial charge in [0, 0.05) is 23.8 Å². The molecule has 0 saturated heterocycles. The Kier molecular flexibility index (Phi) is 4.88. The first-order valence-corrected chi connectivity index (χ1v) is 5.42. The van der Waals surface area contributed by atoms with E-state index in [2.05, 4.69) is 11.8 Å². The molecule has 4 heteroatoms. The van der Waals surface area contributed by atoms with Gasteiger partial charge in [0.05, 0.1) is 6.61 Å². The Morgan fingerprint density at radius 2 is 2.20 bits per heavy atom. The Hall–Kier alpha value is -0.770. The number of likely N-dealkylation sites (N-methyl/N-ethyl adjacent to an activating group) is 1. The normalized spacial score (nSPS) is 10.9. The van der Waals surface area contributed by atoms with Crippen molar-refractivity contribution in [3.63, 3.8) is 0 Å². The molecule has 3 N–H and O–H groups in total. The predicted octanol–water partition coefficient (Wildman–Crippen LogP) is 1.74. The Morgan fingerprint density at radius 3 is 2.73 bits per heavy atom. The first-order chi connectivity index (χ1) is 7.17. The van der Waals surface area contributed by atoms with Gasteiger partial charge in [0.2, 0.25) is 0 Å². The summed E-state index contributed by atoms with van der Waals surface area (Å²) in [4.78, 5) is 2.12. The molecule has 0 radical (unpaired) electrons. The van der Waals surface area contributed by atoms with Gasteiger partial charge in [-0.2, -0.15) is 0 Å². The van der Waals surface area contributed by atoms with E-state index < -0.39 is 0 Å². The second-order valence-electron chi connectivity index (χ2n) is 3.44. The van der Waals surface area contributed by atoms with Crippen LogP contribution in [0.1, 0.15) is 12.5 Å². The number of hydrogen-bond acceptors (Lipinski definition) is 3. The van der Waals surface area contributed by atoms with Crippen LogP contribution in [-0.2, 0) is 6.54 Å². The highest BCUT2D eigenvalue weighted by molar-refractivity contribution is 6.30. The molecule has 84 valence electrons. The minimum absolute atomic E-state index is 0.168. The van der Waals surface area contributed by atoms with Gasteiger partial charge in [-0.25, -0.2) is 0 Å². The summed E-state index contributed by atoms with van der Waals surface area (Å²) in [6.07, 6.45) is 0. The van der Waals surface area contributed by atoms with E-state index in [0.29, 0.717) is 17.3 Å². The number of aliphatic hydroxyl groups is 1. The molecule has 0 fully saturated rings. The van der Waals surface area contributed by atoms with Crippen LogP contribution in [0.5, 0.6) is 0 Å². The largest absolute Gasteiger partial charge is 0.398 e. The quantitative estimate of drug-likeness (QED) is 0.755. The lowest BCUT2D eigenvalue weighted by atomic mass is 10.1. The highest BCUT2D eigenvalue weighted by atomic mass is 35.5. The van der Waals surface area contributed by atoms with Crippen molar-refractivity contribution in [3.05, 3.63) is 28.8 Å². The van der Waals surface area contributed by atoms with Gasteiger partial charge in [-0.15, -0.1) is 0 Å². The Bertz CT molecular complexity index is 317. The molecular formula is C11H17ClN2O. The number of nitrogen functional groups attached to an aromatic ring is 1. The minimum atomic E-state index is 0.168. The smallest absolute Gasteiger partial charge is 0.0558 e. The van der Waals surface area contributed by atoms with E-state index in [1.165, 1.54) is 0 Å². The number of rotatable bonds is 5.